The minimum Gasteiger partial charge on any atom is -0.489 e. The van der Waals surface area contributed by atoms with Gasteiger partial charge >= 0.3 is 0 Å². The Bertz CT molecular complexity index is 706. The van der Waals surface area contributed by atoms with Crippen LogP contribution >= 0.6 is 24.4 Å². The van der Waals surface area contributed by atoms with Gasteiger partial charge in [-0.15, -0.1) is 0 Å². The van der Waals surface area contributed by atoms with Gasteiger partial charge in [-0.1, -0.05) is 36.4 Å². The van der Waals surface area contributed by atoms with Gasteiger partial charge in [0.2, 0.25) is 0 Å². The van der Waals surface area contributed by atoms with E-state index in [4.69, 9.17) is 29.2 Å². The van der Waals surface area contributed by atoms with Crippen molar-refractivity contribution in [2.75, 3.05) is 18.4 Å². The molecule has 2 aromatic carbocycles. The zero-order chi connectivity index (χ0) is 16.1. The molecule has 3 rings (SSSR count). The van der Waals surface area contributed by atoms with E-state index in [1.165, 1.54) is 0 Å². The van der Waals surface area contributed by atoms with Crippen LogP contribution in [0.4, 0.5) is 5.69 Å². The molecular formula is C17H17N3OS2. The maximum absolute atomic E-state index is 5.83. The molecule has 1 aliphatic rings. The third-order valence-electron chi connectivity index (χ3n) is 3.44. The summed E-state index contributed by atoms with van der Waals surface area (Å²) in [6.07, 6.45) is 0. The lowest BCUT2D eigenvalue weighted by molar-refractivity contribution is 0.306. The van der Waals surface area contributed by atoms with Gasteiger partial charge in [-0.3, -0.25) is 4.90 Å². The van der Waals surface area contributed by atoms with Crippen LogP contribution in [-0.2, 0) is 6.61 Å². The number of nitrogens with one attached hydrogen (secondary N) is 2. The van der Waals surface area contributed by atoms with Gasteiger partial charge in [0.05, 0.1) is 0 Å². The predicted molar refractivity (Wildman–Crippen MR) is 101 cm³/mol. The third-order valence-corrected chi connectivity index (χ3v) is 4.12. The maximum Gasteiger partial charge on any atom is 0.179 e. The van der Waals surface area contributed by atoms with Crippen LogP contribution in [0.25, 0.3) is 0 Å². The van der Waals surface area contributed by atoms with Gasteiger partial charge in [0, 0.05) is 24.8 Å². The average molecular weight is 343 g/mol. The molecule has 2 N–H and O–H groups in total. The number of ether oxygens (including phenoxy) is 1. The summed E-state index contributed by atoms with van der Waals surface area (Å²) >= 11 is 10.6. The molecule has 1 heterocycles. The second kappa shape index (κ2) is 7.39. The maximum atomic E-state index is 5.83. The van der Waals surface area contributed by atoms with E-state index < -0.39 is 0 Å². The van der Waals surface area contributed by atoms with Gasteiger partial charge in [0.25, 0.3) is 0 Å². The van der Waals surface area contributed by atoms with Crippen molar-refractivity contribution in [3.63, 3.8) is 0 Å². The smallest absolute Gasteiger partial charge is 0.179 e. The molecule has 0 saturated carbocycles. The average Bonchev–Trinajstić information content (AvgIpc) is 3.00. The Balaban J connectivity index is 1.61. The largest absolute Gasteiger partial charge is 0.489 e. The second-order valence-corrected chi connectivity index (χ2v) is 5.89. The molecule has 0 bridgehead atoms. The molecule has 118 valence electrons. The first-order chi connectivity index (χ1) is 11.2. The van der Waals surface area contributed by atoms with E-state index in [1.54, 1.807) is 0 Å². The highest BCUT2D eigenvalue weighted by molar-refractivity contribution is 7.82. The molecule has 0 atom stereocenters. The van der Waals surface area contributed by atoms with E-state index in [-0.39, 0.29) is 0 Å². The van der Waals surface area contributed by atoms with E-state index in [2.05, 4.69) is 10.6 Å². The van der Waals surface area contributed by atoms with E-state index in [9.17, 15) is 0 Å². The fraction of sp³-hybridized carbons (Fsp3) is 0.176. The molecule has 1 aliphatic heterocycles. The van der Waals surface area contributed by atoms with Crippen LogP contribution in [0.2, 0.25) is 0 Å². The van der Waals surface area contributed by atoms with E-state index in [0.29, 0.717) is 16.8 Å². The zero-order valence-corrected chi connectivity index (χ0v) is 14.1. The molecule has 23 heavy (non-hydrogen) atoms. The summed E-state index contributed by atoms with van der Waals surface area (Å²) < 4.78 is 5.83. The van der Waals surface area contributed by atoms with Gasteiger partial charge in [0.1, 0.15) is 12.4 Å². The van der Waals surface area contributed by atoms with Crippen LogP contribution < -0.4 is 15.4 Å². The third kappa shape index (κ3) is 4.18. The van der Waals surface area contributed by atoms with Crippen LogP contribution in [0, 0.1) is 0 Å². The van der Waals surface area contributed by atoms with Crippen molar-refractivity contribution in [3.05, 3.63) is 60.2 Å². The Morgan fingerprint density at radius 1 is 1.17 bits per heavy atom. The topological polar surface area (TPSA) is 36.5 Å². The van der Waals surface area contributed by atoms with Gasteiger partial charge in [-0.05, 0) is 42.1 Å². The highest BCUT2D eigenvalue weighted by atomic mass is 32.1. The first-order valence-corrected chi connectivity index (χ1v) is 8.17. The lowest BCUT2D eigenvalue weighted by Crippen LogP contribution is -2.37. The summed E-state index contributed by atoms with van der Waals surface area (Å²) in [5, 5.41) is 7.56. The molecule has 1 saturated heterocycles. The Hall–Kier alpha value is -2.18. The van der Waals surface area contributed by atoms with Crippen LogP contribution in [0.15, 0.2) is 54.6 Å². The van der Waals surface area contributed by atoms with Crippen LogP contribution in [0.1, 0.15) is 5.56 Å². The van der Waals surface area contributed by atoms with Crippen molar-refractivity contribution in [1.82, 2.24) is 10.2 Å². The summed E-state index contributed by atoms with van der Waals surface area (Å²) in [7, 11) is 0. The second-order valence-electron chi connectivity index (χ2n) is 5.12. The Morgan fingerprint density at radius 3 is 2.74 bits per heavy atom. The molecule has 6 heteroatoms. The summed E-state index contributed by atoms with van der Waals surface area (Å²) in [5.74, 6) is 0.795. The number of thiocarbonyl (C=S) groups is 2. The van der Waals surface area contributed by atoms with Gasteiger partial charge < -0.3 is 15.4 Å². The first kappa shape index (κ1) is 15.7. The van der Waals surface area contributed by atoms with Crippen molar-refractivity contribution in [2.24, 2.45) is 0 Å². The number of benzene rings is 2. The Labute approximate surface area is 146 Å². The number of hydrogen-bond donors (Lipinski definition) is 2. The highest BCUT2D eigenvalue weighted by Crippen LogP contribution is 2.19. The molecule has 0 aromatic heterocycles. The monoisotopic (exact) mass is 343 g/mol. The normalized spacial score (nSPS) is 13.6. The first-order valence-electron chi connectivity index (χ1n) is 7.35. The standard InChI is InChI=1S/C17H17N3OS2/c22-16-18-9-10-20(16)17(23)19-14-7-4-8-15(11-14)21-12-13-5-2-1-3-6-13/h1-8,11H,9-10,12H2,(H,18,22)(H,19,23). The summed E-state index contributed by atoms with van der Waals surface area (Å²) in [4.78, 5) is 1.88. The predicted octanol–water partition coefficient (Wildman–Crippen LogP) is 3.15. The van der Waals surface area contributed by atoms with E-state index in [0.717, 1.165) is 30.1 Å². The number of anilines is 1. The minimum absolute atomic E-state index is 0.537. The zero-order valence-electron chi connectivity index (χ0n) is 12.5. The van der Waals surface area contributed by atoms with Crippen LogP contribution in [0.5, 0.6) is 5.75 Å². The Kier molecular flexibility index (Phi) is 5.05. The summed E-state index contributed by atoms with van der Waals surface area (Å²) in [5.41, 5.74) is 2.02. The quantitative estimate of drug-likeness (QED) is 0.831. The molecule has 0 amide bonds. The Morgan fingerprint density at radius 2 is 2.00 bits per heavy atom. The van der Waals surface area contributed by atoms with E-state index in [1.807, 2.05) is 59.5 Å². The van der Waals surface area contributed by atoms with Crippen molar-refractivity contribution in [2.45, 2.75) is 6.61 Å². The lowest BCUT2D eigenvalue weighted by atomic mass is 10.2. The fourth-order valence-corrected chi connectivity index (χ4v) is 2.90. The number of hydrogen-bond acceptors (Lipinski definition) is 3. The molecule has 1 fully saturated rings. The molecule has 0 aliphatic carbocycles. The molecule has 0 spiro atoms. The SMILES string of the molecule is S=C1NCCN1C(=S)Nc1cccc(OCc2ccccc2)c1. The summed E-state index contributed by atoms with van der Waals surface area (Å²) in [6, 6.07) is 17.8. The van der Waals surface area contributed by atoms with Gasteiger partial charge in [0.15, 0.2) is 10.2 Å². The molecular weight excluding hydrogens is 326 g/mol. The highest BCUT2D eigenvalue weighted by Gasteiger charge is 2.19. The molecule has 2 aromatic rings. The lowest BCUT2D eigenvalue weighted by Gasteiger charge is -2.19. The fourth-order valence-electron chi connectivity index (χ4n) is 2.26. The van der Waals surface area contributed by atoms with Gasteiger partial charge in [-0.2, -0.15) is 0 Å². The van der Waals surface area contributed by atoms with Crippen LogP contribution in [0.3, 0.4) is 0 Å². The summed E-state index contributed by atoms with van der Waals surface area (Å²) in [6.45, 7) is 2.14. The van der Waals surface area contributed by atoms with E-state index >= 15 is 0 Å². The molecule has 4 nitrogen and oxygen atoms in total. The van der Waals surface area contributed by atoms with Crippen molar-refractivity contribution in [1.29, 1.82) is 0 Å². The minimum atomic E-state index is 0.537. The van der Waals surface area contributed by atoms with Crippen LogP contribution in [-0.4, -0.2) is 28.2 Å². The van der Waals surface area contributed by atoms with Crippen molar-refractivity contribution >= 4 is 40.3 Å². The number of rotatable bonds is 4. The molecule has 0 unspecified atom stereocenters. The number of nitrogens with zero attached hydrogens (tertiary/aromatic N) is 1. The molecule has 0 radical (unpaired) electrons. The van der Waals surface area contributed by atoms with Crippen molar-refractivity contribution < 1.29 is 4.74 Å². The van der Waals surface area contributed by atoms with Gasteiger partial charge in [-0.25, -0.2) is 0 Å². The van der Waals surface area contributed by atoms with Crippen molar-refractivity contribution in [3.8, 4) is 5.75 Å².